The van der Waals surface area contributed by atoms with Gasteiger partial charge in [-0.05, 0) is 67.6 Å². The zero-order valence-corrected chi connectivity index (χ0v) is 18.8. The molecule has 2 aromatic heterocycles. The topological polar surface area (TPSA) is 63.3 Å². The summed E-state index contributed by atoms with van der Waals surface area (Å²) in [6.07, 6.45) is 7.72. The van der Waals surface area contributed by atoms with Gasteiger partial charge in [0.2, 0.25) is 0 Å². The van der Waals surface area contributed by atoms with Crippen molar-refractivity contribution in [3.63, 3.8) is 0 Å². The number of likely N-dealkylation sites (tertiary alicyclic amines) is 1. The SMILES string of the molecule is O=c1cc(CCc2ccccc2)ccn1-c1ccc2c(cnn2CCN2CCC[C@@H]2CO)c1. The van der Waals surface area contributed by atoms with Crippen molar-refractivity contribution in [2.24, 2.45) is 0 Å². The van der Waals surface area contributed by atoms with Crippen LogP contribution in [0.25, 0.3) is 16.6 Å². The zero-order valence-electron chi connectivity index (χ0n) is 18.8. The van der Waals surface area contributed by atoms with Crippen molar-refractivity contribution < 1.29 is 5.11 Å². The van der Waals surface area contributed by atoms with Crippen molar-refractivity contribution >= 4 is 10.9 Å². The minimum atomic E-state index is -0.0172. The van der Waals surface area contributed by atoms with Gasteiger partial charge in [0.05, 0.1) is 24.9 Å². The largest absolute Gasteiger partial charge is 0.395 e. The van der Waals surface area contributed by atoms with E-state index in [9.17, 15) is 9.90 Å². The molecule has 170 valence electrons. The average Bonchev–Trinajstić information content (AvgIpc) is 3.48. The van der Waals surface area contributed by atoms with Crippen LogP contribution >= 0.6 is 0 Å². The van der Waals surface area contributed by atoms with Gasteiger partial charge in [-0.25, -0.2) is 0 Å². The first-order valence-corrected chi connectivity index (χ1v) is 11.8. The average molecular weight is 443 g/mol. The molecule has 2 aromatic carbocycles. The van der Waals surface area contributed by atoms with Gasteiger partial charge in [0.25, 0.3) is 5.56 Å². The van der Waals surface area contributed by atoms with E-state index in [1.54, 1.807) is 10.6 Å². The maximum absolute atomic E-state index is 12.8. The fraction of sp³-hybridized carbons (Fsp3) is 0.333. The van der Waals surface area contributed by atoms with Gasteiger partial charge in [-0.3, -0.25) is 18.9 Å². The molecule has 0 spiro atoms. The van der Waals surface area contributed by atoms with Gasteiger partial charge in [0.1, 0.15) is 0 Å². The second-order valence-electron chi connectivity index (χ2n) is 8.85. The summed E-state index contributed by atoms with van der Waals surface area (Å²) in [7, 11) is 0. The number of hydrogen-bond acceptors (Lipinski definition) is 4. The lowest BCUT2D eigenvalue weighted by atomic mass is 10.1. The number of fused-ring (bicyclic) bond motifs is 1. The molecular formula is C27H30N4O2. The van der Waals surface area contributed by atoms with E-state index in [1.165, 1.54) is 5.56 Å². The third kappa shape index (κ3) is 4.77. The van der Waals surface area contributed by atoms with Crippen LogP contribution in [0.4, 0.5) is 0 Å². The Morgan fingerprint density at radius 1 is 0.970 bits per heavy atom. The molecule has 4 aromatic rings. The van der Waals surface area contributed by atoms with Crippen LogP contribution in [0.5, 0.6) is 0 Å². The number of nitrogens with zero attached hydrogens (tertiary/aromatic N) is 4. The van der Waals surface area contributed by atoms with E-state index in [2.05, 4.69) is 22.1 Å². The van der Waals surface area contributed by atoms with Crippen molar-refractivity contribution in [2.45, 2.75) is 38.3 Å². The Hall–Kier alpha value is -3.22. The molecule has 1 fully saturated rings. The predicted octanol–water partition coefficient (Wildman–Crippen LogP) is 3.43. The maximum Gasteiger partial charge on any atom is 0.255 e. The predicted molar refractivity (Wildman–Crippen MR) is 131 cm³/mol. The van der Waals surface area contributed by atoms with Gasteiger partial charge in [-0.2, -0.15) is 5.10 Å². The number of aryl methyl sites for hydroxylation is 2. The number of rotatable bonds is 8. The fourth-order valence-corrected chi connectivity index (χ4v) is 4.84. The van der Waals surface area contributed by atoms with Gasteiger partial charge in [-0.15, -0.1) is 0 Å². The molecule has 1 saturated heterocycles. The lowest BCUT2D eigenvalue weighted by molar-refractivity contribution is 0.154. The minimum absolute atomic E-state index is 0.0172. The van der Waals surface area contributed by atoms with Crippen LogP contribution in [0.2, 0.25) is 0 Å². The highest BCUT2D eigenvalue weighted by Gasteiger charge is 2.23. The van der Waals surface area contributed by atoms with Crippen molar-refractivity contribution in [3.8, 4) is 5.69 Å². The molecule has 0 amide bonds. The van der Waals surface area contributed by atoms with Crippen LogP contribution in [0, 0.1) is 0 Å². The van der Waals surface area contributed by atoms with Gasteiger partial charge in [0.15, 0.2) is 0 Å². The number of pyridine rings is 1. The van der Waals surface area contributed by atoms with Crippen LogP contribution in [-0.4, -0.2) is 50.1 Å². The Balaban J connectivity index is 1.29. The highest BCUT2D eigenvalue weighted by Crippen LogP contribution is 2.20. The normalized spacial score (nSPS) is 16.6. The first-order chi connectivity index (χ1) is 16.2. The third-order valence-electron chi connectivity index (χ3n) is 6.74. The first kappa shape index (κ1) is 21.6. The summed E-state index contributed by atoms with van der Waals surface area (Å²) in [5.74, 6) is 0. The van der Waals surface area contributed by atoms with Crippen molar-refractivity contribution in [1.82, 2.24) is 19.2 Å². The molecule has 1 N–H and O–H groups in total. The number of aromatic nitrogens is 3. The van der Waals surface area contributed by atoms with Crippen LogP contribution < -0.4 is 5.56 Å². The Morgan fingerprint density at radius 3 is 2.64 bits per heavy atom. The van der Waals surface area contributed by atoms with E-state index in [0.29, 0.717) is 0 Å². The Kier molecular flexibility index (Phi) is 6.37. The van der Waals surface area contributed by atoms with Gasteiger partial charge in [-0.1, -0.05) is 30.3 Å². The molecule has 1 aliphatic heterocycles. The smallest absolute Gasteiger partial charge is 0.255 e. The van der Waals surface area contributed by atoms with Gasteiger partial charge in [0, 0.05) is 35.9 Å². The van der Waals surface area contributed by atoms with E-state index in [0.717, 1.165) is 67.5 Å². The summed E-state index contributed by atoms with van der Waals surface area (Å²) in [5.41, 5.74) is 4.22. The van der Waals surface area contributed by atoms with Crippen molar-refractivity contribution in [1.29, 1.82) is 0 Å². The molecule has 0 saturated carbocycles. The molecule has 0 radical (unpaired) electrons. The lowest BCUT2D eigenvalue weighted by Gasteiger charge is -2.22. The third-order valence-corrected chi connectivity index (χ3v) is 6.74. The van der Waals surface area contributed by atoms with Crippen LogP contribution in [0.15, 0.2) is 77.9 Å². The molecule has 33 heavy (non-hydrogen) atoms. The quantitative estimate of drug-likeness (QED) is 0.454. The summed E-state index contributed by atoms with van der Waals surface area (Å²) in [6, 6.07) is 20.4. The van der Waals surface area contributed by atoms with E-state index in [-0.39, 0.29) is 18.2 Å². The molecule has 6 nitrogen and oxygen atoms in total. The van der Waals surface area contributed by atoms with E-state index in [4.69, 9.17) is 0 Å². The Bertz CT molecular complexity index is 1280. The minimum Gasteiger partial charge on any atom is -0.395 e. The van der Waals surface area contributed by atoms with Gasteiger partial charge >= 0.3 is 0 Å². The summed E-state index contributed by atoms with van der Waals surface area (Å²) in [5, 5.41) is 15.1. The molecule has 1 aliphatic rings. The summed E-state index contributed by atoms with van der Waals surface area (Å²) in [4.78, 5) is 15.2. The highest BCUT2D eigenvalue weighted by atomic mass is 16.3. The van der Waals surface area contributed by atoms with Gasteiger partial charge < -0.3 is 5.11 Å². The molecule has 6 heteroatoms. The molecular weight excluding hydrogens is 412 g/mol. The number of aliphatic hydroxyl groups is 1. The molecule has 3 heterocycles. The van der Waals surface area contributed by atoms with E-state index >= 15 is 0 Å². The molecule has 5 rings (SSSR count). The second-order valence-corrected chi connectivity index (χ2v) is 8.85. The van der Waals surface area contributed by atoms with E-state index < -0.39 is 0 Å². The zero-order chi connectivity index (χ0) is 22.6. The Morgan fingerprint density at radius 2 is 1.82 bits per heavy atom. The summed E-state index contributed by atoms with van der Waals surface area (Å²) >= 11 is 0. The maximum atomic E-state index is 12.8. The van der Waals surface area contributed by atoms with Crippen LogP contribution in [0.1, 0.15) is 24.0 Å². The highest BCUT2D eigenvalue weighted by molar-refractivity contribution is 5.80. The number of hydrogen-bond donors (Lipinski definition) is 1. The molecule has 0 unspecified atom stereocenters. The van der Waals surface area contributed by atoms with Crippen molar-refractivity contribution in [3.05, 3.63) is 94.5 Å². The Labute approximate surface area is 193 Å². The monoisotopic (exact) mass is 442 g/mol. The summed E-state index contributed by atoms with van der Waals surface area (Å²) < 4.78 is 3.71. The van der Waals surface area contributed by atoms with E-state index in [1.807, 2.05) is 59.5 Å². The number of benzene rings is 2. The van der Waals surface area contributed by atoms with Crippen molar-refractivity contribution in [2.75, 3.05) is 19.7 Å². The molecule has 0 bridgehead atoms. The molecule has 1 atom stereocenters. The first-order valence-electron chi connectivity index (χ1n) is 11.8. The summed E-state index contributed by atoms with van der Waals surface area (Å²) in [6.45, 7) is 2.94. The fourth-order valence-electron chi connectivity index (χ4n) is 4.84. The standard InChI is InChI=1S/C27H30N4O2/c32-20-25-7-4-13-29(25)15-16-31-26-11-10-24(18-23(26)19-28-31)30-14-12-22(17-27(30)33)9-8-21-5-2-1-3-6-21/h1-3,5-6,10-12,14,17-19,25,32H,4,7-9,13,15-16,20H2/t25-/m1/s1. The van der Waals surface area contributed by atoms with Crippen LogP contribution in [0.3, 0.4) is 0 Å². The molecule has 0 aliphatic carbocycles. The second kappa shape index (κ2) is 9.73. The number of aliphatic hydroxyl groups excluding tert-OH is 1. The lowest BCUT2D eigenvalue weighted by Crippen LogP contribution is -2.34. The van der Waals surface area contributed by atoms with Crippen LogP contribution in [-0.2, 0) is 19.4 Å².